The summed E-state index contributed by atoms with van der Waals surface area (Å²) in [7, 11) is 0. The van der Waals surface area contributed by atoms with Crippen LogP contribution in [0.2, 0.25) is 0 Å². The molecule has 2 unspecified atom stereocenters. The van der Waals surface area contributed by atoms with Gasteiger partial charge in [0.25, 0.3) is 0 Å². The number of carbonyl (C=O) groups excluding carboxylic acids is 1. The first-order valence-electron chi connectivity index (χ1n) is 6.32. The first-order chi connectivity index (χ1) is 8.45. The van der Waals surface area contributed by atoms with Crippen molar-refractivity contribution in [3.8, 4) is 0 Å². The molecular formula is C11H18F3N3O. The normalized spacial score (nSPS) is 29.5. The Bertz CT molecular complexity index is 296. The van der Waals surface area contributed by atoms with Gasteiger partial charge in [0, 0.05) is 18.6 Å². The van der Waals surface area contributed by atoms with E-state index in [1.54, 1.807) is 0 Å². The van der Waals surface area contributed by atoms with Crippen molar-refractivity contribution in [3.05, 3.63) is 0 Å². The Morgan fingerprint density at radius 3 is 2.17 bits per heavy atom. The molecule has 3 N–H and O–H groups in total. The highest BCUT2D eigenvalue weighted by Crippen LogP contribution is 2.26. The molecule has 1 aliphatic carbocycles. The minimum absolute atomic E-state index is 0.0118. The molecule has 2 amide bonds. The SMILES string of the molecule is O=C(NC1CCC1)NC1CCC(C(F)(F)F)NC1. The predicted molar refractivity (Wildman–Crippen MR) is 60.2 cm³/mol. The summed E-state index contributed by atoms with van der Waals surface area (Å²) >= 11 is 0. The molecule has 2 rings (SSSR count). The van der Waals surface area contributed by atoms with E-state index in [1.807, 2.05) is 0 Å². The van der Waals surface area contributed by atoms with Crippen LogP contribution in [0.4, 0.5) is 18.0 Å². The highest BCUT2D eigenvalue weighted by Gasteiger charge is 2.41. The van der Waals surface area contributed by atoms with Crippen molar-refractivity contribution in [2.45, 2.75) is 56.4 Å². The van der Waals surface area contributed by atoms with Crippen molar-refractivity contribution in [1.29, 1.82) is 0 Å². The zero-order chi connectivity index (χ0) is 13.2. The highest BCUT2D eigenvalue weighted by atomic mass is 19.4. The largest absolute Gasteiger partial charge is 0.403 e. The first kappa shape index (κ1) is 13.5. The van der Waals surface area contributed by atoms with E-state index in [-0.39, 0.29) is 31.1 Å². The third-order valence-electron chi connectivity index (χ3n) is 3.59. The van der Waals surface area contributed by atoms with E-state index in [0.29, 0.717) is 6.42 Å². The van der Waals surface area contributed by atoms with Crippen LogP contribution in [-0.4, -0.2) is 36.9 Å². The molecule has 0 bridgehead atoms. The van der Waals surface area contributed by atoms with E-state index < -0.39 is 12.2 Å². The van der Waals surface area contributed by atoms with Gasteiger partial charge in [-0.25, -0.2) is 4.79 Å². The van der Waals surface area contributed by atoms with Crippen LogP contribution in [0.3, 0.4) is 0 Å². The number of urea groups is 1. The van der Waals surface area contributed by atoms with Gasteiger partial charge in [0.1, 0.15) is 6.04 Å². The minimum Gasteiger partial charge on any atom is -0.335 e. The molecule has 104 valence electrons. The maximum Gasteiger partial charge on any atom is 0.403 e. The van der Waals surface area contributed by atoms with Crippen molar-refractivity contribution < 1.29 is 18.0 Å². The van der Waals surface area contributed by atoms with E-state index in [9.17, 15) is 18.0 Å². The number of piperidine rings is 1. The summed E-state index contributed by atoms with van der Waals surface area (Å²) in [5, 5.41) is 7.94. The number of rotatable bonds is 2. The van der Waals surface area contributed by atoms with Gasteiger partial charge in [-0.1, -0.05) is 0 Å². The summed E-state index contributed by atoms with van der Waals surface area (Å²) in [5.74, 6) is 0. The number of hydrogen-bond donors (Lipinski definition) is 3. The number of nitrogens with one attached hydrogen (secondary N) is 3. The smallest absolute Gasteiger partial charge is 0.335 e. The fraction of sp³-hybridized carbons (Fsp3) is 0.909. The molecule has 0 radical (unpaired) electrons. The van der Waals surface area contributed by atoms with Gasteiger partial charge in [-0.2, -0.15) is 13.2 Å². The first-order valence-corrected chi connectivity index (χ1v) is 6.32. The standard InChI is InChI=1S/C11H18F3N3O/c12-11(13,14)9-5-4-8(6-15-9)17-10(18)16-7-2-1-3-7/h7-9,15H,1-6H2,(H2,16,17,18). The second-order valence-corrected chi connectivity index (χ2v) is 5.02. The molecule has 0 aromatic rings. The van der Waals surface area contributed by atoms with Crippen LogP contribution in [0.5, 0.6) is 0 Å². The lowest BCUT2D eigenvalue weighted by molar-refractivity contribution is -0.160. The molecule has 4 nitrogen and oxygen atoms in total. The molecule has 2 atom stereocenters. The Kier molecular flexibility index (Phi) is 3.99. The van der Waals surface area contributed by atoms with Crippen LogP contribution in [-0.2, 0) is 0 Å². The summed E-state index contributed by atoms with van der Waals surface area (Å²) in [6.45, 7) is 0.169. The van der Waals surface area contributed by atoms with E-state index in [0.717, 1.165) is 19.3 Å². The number of hydrogen-bond acceptors (Lipinski definition) is 2. The van der Waals surface area contributed by atoms with Gasteiger partial charge >= 0.3 is 12.2 Å². The van der Waals surface area contributed by atoms with Crippen LogP contribution >= 0.6 is 0 Å². The van der Waals surface area contributed by atoms with Crippen molar-refractivity contribution >= 4 is 6.03 Å². The third-order valence-corrected chi connectivity index (χ3v) is 3.59. The number of amides is 2. The molecule has 7 heteroatoms. The zero-order valence-corrected chi connectivity index (χ0v) is 10.0. The highest BCUT2D eigenvalue weighted by molar-refractivity contribution is 5.74. The van der Waals surface area contributed by atoms with Crippen molar-refractivity contribution in [1.82, 2.24) is 16.0 Å². The maximum absolute atomic E-state index is 12.4. The fourth-order valence-electron chi connectivity index (χ4n) is 2.22. The molecule has 18 heavy (non-hydrogen) atoms. The second-order valence-electron chi connectivity index (χ2n) is 5.02. The number of alkyl halides is 3. The third kappa shape index (κ3) is 3.51. The summed E-state index contributed by atoms with van der Waals surface area (Å²) in [6, 6.07) is -1.68. The van der Waals surface area contributed by atoms with Crippen molar-refractivity contribution in [3.63, 3.8) is 0 Å². The molecule has 1 saturated carbocycles. The molecular weight excluding hydrogens is 247 g/mol. The van der Waals surface area contributed by atoms with E-state index in [2.05, 4.69) is 16.0 Å². The Morgan fingerprint density at radius 1 is 1.06 bits per heavy atom. The zero-order valence-electron chi connectivity index (χ0n) is 10.0. The topological polar surface area (TPSA) is 53.2 Å². The average molecular weight is 265 g/mol. The van der Waals surface area contributed by atoms with Gasteiger partial charge in [0.2, 0.25) is 0 Å². The summed E-state index contributed by atoms with van der Waals surface area (Å²) < 4.78 is 37.2. The Labute approximate surface area is 104 Å². The van der Waals surface area contributed by atoms with Gasteiger partial charge in [-0.15, -0.1) is 0 Å². The number of carbonyl (C=O) groups is 1. The molecule has 1 heterocycles. The van der Waals surface area contributed by atoms with E-state index in [1.165, 1.54) is 0 Å². The minimum atomic E-state index is -4.20. The maximum atomic E-state index is 12.4. The van der Waals surface area contributed by atoms with Gasteiger partial charge in [0.05, 0.1) is 0 Å². The van der Waals surface area contributed by atoms with Gasteiger partial charge in [-0.05, 0) is 32.1 Å². The van der Waals surface area contributed by atoms with Crippen LogP contribution in [0, 0.1) is 0 Å². The molecule has 0 spiro atoms. The molecule has 1 saturated heterocycles. The van der Waals surface area contributed by atoms with E-state index in [4.69, 9.17) is 0 Å². The van der Waals surface area contributed by atoms with Gasteiger partial charge < -0.3 is 16.0 Å². The molecule has 0 aromatic heterocycles. The average Bonchev–Trinajstić information content (AvgIpc) is 2.23. The summed E-state index contributed by atoms with van der Waals surface area (Å²) in [6.07, 6.45) is -0.714. The lowest BCUT2D eigenvalue weighted by atomic mass is 9.93. The Balaban J connectivity index is 1.68. The van der Waals surface area contributed by atoms with Crippen LogP contribution in [0.25, 0.3) is 0 Å². The lowest BCUT2D eigenvalue weighted by Crippen LogP contribution is -2.56. The molecule has 0 aromatic carbocycles. The summed E-state index contributed by atoms with van der Waals surface area (Å²) in [5.41, 5.74) is 0. The van der Waals surface area contributed by atoms with Gasteiger partial charge in [0.15, 0.2) is 0 Å². The molecule has 2 fully saturated rings. The van der Waals surface area contributed by atoms with E-state index >= 15 is 0 Å². The molecule has 2 aliphatic rings. The monoisotopic (exact) mass is 265 g/mol. The van der Waals surface area contributed by atoms with Crippen LogP contribution in [0.15, 0.2) is 0 Å². The predicted octanol–water partition coefficient (Wildman–Crippen LogP) is 1.52. The second kappa shape index (κ2) is 5.34. The van der Waals surface area contributed by atoms with Crippen molar-refractivity contribution in [2.75, 3.05) is 6.54 Å². The quantitative estimate of drug-likeness (QED) is 0.709. The van der Waals surface area contributed by atoms with Crippen molar-refractivity contribution in [2.24, 2.45) is 0 Å². The fourth-order valence-corrected chi connectivity index (χ4v) is 2.22. The summed E-state index contributed by atoms with van der Waals surface area (Å²) in [4.78, 5) is 11.5. The Morgan fingerprint density at radius 2 is 1.72 bits per heavy atom. The van der Waals surface area contributed by atoms with Crippen LogP contribution < -0.4 is 16.0 Å². The Hall–Kier alpha value is -0.980. The van der Waals surface area contributed by atoms with Gasteiger partial charge in [-0.3, -0.25) is 0 Å². The lowest BCUT2D eigenvalue weighted by Gasteiger charge is -2.32. The number of halogens is 3. The molecule has 1 aliphatic heterocycles. The van der Waals surface area contributed by atoms with Crippen LogP contribution in [0.1, 0.15) is 32.1 Å².